The maximum atomic E-state index is 4.60. The van der Waals surface area contributed by atoms with Gasteiger partial charge in [0.2, 0.25) is 0 Å². The molecule has 19 aromatic carbocycles. The zero-order chi connectivity index (χ0) is 90.5. The fourth-order valence-electron chi connectivity index (χ4n) is 22.4. The molecule has 9 nitrogen and oxygen atoms in total. The van der Waals surface area contributed by atoms with Crippen molar-refractivity contribution in [2.24, 2.45) is 0 Å². The van der Waals surface area contributed by atoms with Gasteiger partial charge in [0.1, 0.15) is 0 Å². The lowest BCUT2D eigenvalue weighted by atomic mass is 9.82. The topological polar surface area (TPSA) is 68.2 Å². The molecule has 0 fully saturated rings. The molecule has 0 aliphatic heterocycles. The van der Waals surface area contributed by atoms with Gasteiger partial charge in [-0.05, 0) is 259 Å². The Hall–Kier alpha value is -18.1. The van der Waals surface area contributed by atoms with Crippen LogP contribution in [0.2, 0.25) is 0 Å². The van der Waals surface area contributed by atoms with Crippen molar-refractivity contribution < 1.29 is 0 Å². The normalized spacial score (nSPS) is 12.4. The molecule has 0 saturated heterocycles. The molecule has 9 heterocycles. The van der Waals surface area contributed by atoms with Crippen molar-refractivity contribution in [1.82, 2.24) is 42.4 Å². The van der Waals surface area contributed by atoms with E-state index in [4.69, 9.17) is 0 Å². The Bertz CT molecular complexity index is 9770. The summed E-state index contributed by atoms with van der Waals surface area (Å²) >= 11 is 0. The van der Waals surface area contributed by atoms with E-state index in [-0.39, 0.29) is 5.41 Å². The molecule has 1 aliphatic carbocycles. The first-order valence-electron chi connectivity index (χ1n) is 47.0. The Morgan fingerprint density at radius 1 is 0.168 bits per heavy atom. The molecule has 0 spiro atoms. The van der Waals surface area contributed by atoms with E-state index in [9.17, 15) is 0 Å². The van der Waals surface area contributed by atoms with Gasteiger partial charge in [-0.25, -0.2) is 0 Å². The number of pyridine rings is 3. The summed E-state index contributed by atoms with van der Waals surface area (Å²) < 4.78 is 14.2. The third-order valence-corrected chi connectivity index (χ3v) is 28.8. The highest BCUT2D eigenvalue weighted by Crippen LogP contribution is 2.51. The number of para-hydroxylation sites is 5. The van der Waals surface area contributed by atoms with Crippen LogP contribution < -0.4 is 0 Å². The van der Waals surface area contributed by atoms with Gasteiger partial charge in [-0.15, -0.1) is 0 Å². The number of hydrogen-bond donors (Lipinski definition) is 0. The van der Waals surface area contributed by atoms with E-state index in [1.54, 1.807) is 0 Å². The molecule has 137 heavy (non-hydrogen) atoms. The third kappa shape index (κ3) is 12.7. The number of benzene rings is 19. The summed E-state index contributed by atoms with van der Waals surface area (Å²) in [6, 6.07) is 161. The summed E-state index contributed by atoms with van der Waals surface area (Å²) in [4.78, 5) is 13.6. The molecule has 0 radical (unpaired) electrons. The van der Waals surface area contributed by atoms with Gasteiger partial charge in [-0.3, -0.25) is 15.0 Å². The molecule has 9 heteroatoms. The minimum atomic E-state index is -0.0709. The van der Waals surface area contributed by atoms with Gasteiger partial charge in [-0.1, -0.05) is 281 Å². The highest BCUT2D eigenvalue weighted by atomic mass is 15.0. The van der Waals surface area contributed by atoms with Crippen LogP contribution in [0, 0.1) is 0 Å². The molecular formula is C128H85N9. The van der Waals surface area contributed by atoms with Gasteiger partial charge in [0.15, 0.2) is 0 Å². The molecule has 0 bridgehead atoms. The SMILES string of the molecule is CC1(C)c2ccccc2-c2ccc(-n3c4ccc(-c5ccc6c(c5)c5ccccc5n6-c5cccc(-c6ccccc6)c5)cc4c4ccncc43)cc21.c1ccc(-n2c3ccccc3c3cc(-c4ccc5c(c4)c4ccncc4n5-c4ccc5ccccc5c4)ccc32)cc1.c1ccc(-n2c3ccccc3c3cc(-c4ccc5c(c4)c4ccncc4n5-c4cccc5ccccc45)ccc32)cc1. The van der Waals surface area contributed by atoms with Gasteiger partial charge < -0.3 is 27.4 Å². The Morgan fingerprint density at radius 3 is 0.971 bits per heavy atom. The Labute approximate surface area is 789 Å². The molecule has 0 amide bonds. The number of rotatable bonds is 10. The van der Waals surface area contributed by atoms with Gasteiger partial charge in [0.05, 0.1) is 90.5 Å². The highest BCUT2D eigenvalue weighted by molar-refractivity contribution is 6.18. The lowest BCUT2D eigenvalue weighted by molar-refractivity contribution is 0.660. The van der Waals surface area contributed by atoms with Crippen LogP contribution in [0.15, 0.2) is 480 Å². The summed E-state index contributed by atoms with van der Waals surface area (Å²) in [7, 11) is 0. The van der Waals surface area contributed by atoms with Crippen LogP contribution in [-0.4, -0.2) is 42.4 Å². The largest absolute Gasteiger partial charge is 0.309 e. The van der Waals surface area contributed by atoms with Crippen molar-refractivity contribution in [2.45, 2.75) is 19.3 Å². The van der Waals surface area contributed by atoms with E-state index in [2.05, 4.69) is 499 Å². The second-order valence-electron chi connectivity index (χ2n) is 36.7. The Balaban J connectivity index is 0.000000105. The van der Waals surface area contributed by atoms with Gasteiger partial charge in [0.25, 0.3) is 0 Å². The summed E-state index contributed by atoms with van der Waals surface area (Å²) in [5.74, 6) is 0. The minimum Gasteiger partial charge on any atom is -0.309 e. The standard InChI is InChI=1S/C50H35N3.2C39H25N3/c1-50(2)44-17-8-6-15-38(44)39-22-21-37(30-45(39)50)53-48-24-20-35(29-43(48)41-25-26-51-31-49(41)53)34-19-23-47-42(28-34)40-16-7-9-18-46(40)52(47)36-14-10-13-33(27-36)32-11-4-3-5-12-32;1-2-11-29(12-3-1)41-36-15-7-6-14-31(36)33-23-27(17-19-37(33)41)28-18-20-38-34(24-28)32-21-22-40-25-39(32)42(38)35-16-8-10-26-9-4-5-13-30(26)35;1-2-10-30(11-3-1)41-36-13-7-6-12-32(36)34-23-28(15-18-37(34)41)29-16-19-38-35(24-29)33-20-21-40-25-39(33)42(38)31-17-14-26-8-4-5-9-27(26)22-31/h3-31H,1-2H3;2*1-25H. The molecule has 0 N–H and O–H groups in total. The van der Waals surface area contributed by atoms with Crippen LogP contribution in [0.3, 0.4) is 0 Å². The Morgan fingerprint density at radius 2 is 0.482 bits per heavy atom. The molecule has 0 saturated carbocycles. The van der Waals surface area contributed by atoms with Gasteiger partial charge in [-0.2, -0.15) is 0 Å². The first-order chi connectivity index (χ1) is 67.7. The number of nitrogens with zero attached hydrogens (tertiary/aromatic N) is 9. The summed E-state index contributed by atoms with van der Waals surface area (Å²) in [6.45, 7) is 4.69. The molecule has 0 unspecified atom stereocenters. The predicted molar refractivity (Wildman–Crippen MR) is 573 cm³/mol. The summed E-state index contributed by atoms with van der Waals surface area (Å²) in [5.41, 5.74) is 36.1. The monoisotopic (exact) mass is 1750 g/mol. The average Bonchev–Trinajstić information content (AvgIpc) is 1.40. The van der Waals surface area contributed by atoms with Crippen LogP contribution in [-0.2, 0) is 5.41 Å². The van der Waals surface area contributed by atoms with E-state index in [1.165, 1.54) is 220 Å². The van der Waals surface area contributed by atoms with E-state index < -0.39 is 0 Å². The number of aromatic nitrogens is 9. The second-order valence-corrected chi connectivity index (χ2v) is 36.7. The van der Waals surface area contributed by atoms with E-state index in [0.717, 1.165) is 33.6 Å². The maximum Gasteiger partial charge on any atom is 0.0724 e. The Kier molecular flexibility index (Phi) is 18.2. The quantitative estimate of drug-likeness (QED) is 0.137. The van der Waals surface area contributed by atoms with Crippen molar-refractivity contribution in [3.63, 3.8) is 0 Å². The smallest absolute Gasteiger partial charge is 0.0724 e. The van der Waals surface area contributed by atoms with Crippen LogP contribution >= 0.6 is 0 Å². The fourth-order valence-corrected chi connectivity index (χ4v) is 22.4. The van der Waals surface area contributed by atoms with E-state index >= 15 is 0 Å². The molecule has 9 aromatic heterocycles. The minimum absolute atomic E-state index is 0.0709. The van der Waals surface area contributed by atoms with E-state index in [0.29, 0.717) is 0 Å². The van der Waals surface area contributed by atoms with Crippen molar-refractivity contribution in [3.8, 4) is 89.8 Å². The van der Waals surface area contributed by atoms with Crippen LogP contribution in [0.5, 0.6) is 0 Å². The second kappa shape index (κ2) is 31.6. The van der Waals surface area contributed by atoms with Crippen LogP contribution in [0.25, 0.3) is 242 Å². The van der Waals surface area contributed by atoms with Crippen molar-refractivity contribution in [1.29, 1.82) is 0 Å². The van der Waals surface area contributed by atoms with Crippen LogP contribution in [0.1, 0.15) is 25.0 Å². The molecule has 642 valence electrons. The highest BCUT2D eigenvalue weighted by Gasteiger charge is 2.36. The summed E-state index contributed by atoms with van der Waals surface area (Å²) in [5, 5.41) is 19.8. The zero-order valence-electron chi connectivity index (χ0n) is 75.1. The summed E-state index contributed by atoms with van der Waals surface area (Å²) in [6.07, 6.45) is 11.7. The zero-order valence-corrected chi connectivity index (χ0v) is 75.1. The van der Waals surface area contributed by atoms with Gasteiger partial charge in [0, 0.05) is 122 Å². The first-order valence-corrected chi connectivity index (χ1v) is 47.0. The lowest BCUT2D eigenvalue weighted by Crippen LogP contribution is -2.15. The lowest BCUT2D eigenvalue weighted by Gasteiger charge is -2.22. The van der Waals surface area contributed by atoms with E-state index in [1.807, 2.05) is 37.2 Å². The number of hydrogen-bond acceptors (Lipinski definition) is 3. The van der Waals surface area contributed by atoms with Crippen LogP contribution in [0.4, 0.5) is 0 Å². The van der Waals surface area contributed by atoms with Crippen molar-refractivity contribution >= 4 is 152 Å². The molecule has 29 rings (SSSR count). The van der Waals surface area contributed by atoms with Crippen molar-refractivity contribution in [3.05, 3.63) is 491 Å². The average molecular weight is 1750 g/mol. The molecule has 1 aliphatic rings. The maximum absolute atomic E-state index is 4.60. The fraction of sp³-hybridized carbons (Fsp3) is 0.0234. The first kappa shape index (κ1) is 78.8. The third-order valence-electron chi connectivity index (χ3n) is 28.8. The number of fused-ring (bicyclic) bond motifs is 23. The molecule has 28 aromatic rings. The predicted octanol–water partition coefficient (Wildman–Crippen LogP) is 33.1. The van der Waals surface area contributed by atoms with Crippen molar-refractivity contribution in [2.75, 3.05) is 0 Å². The molecular weight excluding hydrogens is 1660 g/mol. The molecule has 0 atom stereocenters. The van der Waals surface area contributed by atoms with Gasteiger partial charge >= 0.3 is 0 Å².